The van der Waals surface area contributed by atoms with Gasteiger partial charge in [-0.1, -0.05) is 13.8 Å². The maximum absolute atomic E-state index is 6.04. The van der Waals surface area contributed by atoms with Crippen molar-refractivity contribution < 1.29 is 9.31 Å². The second kappa shape index (κ2) is 3.01. The first kappa shape index (κ1) is 11.5. The van der Waals surface area contributed by atoms with Crippen molar-refractivity contribution in [3.8, 4) is 0 Å². The zero-order chi connectivity index (χ0) is 11.5. The van der Waals surface area contributed by atoms with E-state index >= 15 is 0 Å². The highest BCUT2D eigenvalue weighted by molar-refractivity contribution is 6.47. The normalized spacial score (nSPS) is 32.8. The smallest absolute Gasteiger partial charge is 0.403 e. The van der Waals surface area contributed by atoms with Crippen LogP contribution in [0.1, 0.15) is 54.4 Å². The summed E-state index contributed by atoms with van der Waals surface area (Å²) in [6.07, 6.45) is 2.45. The van der Waals surface area contributed by atoms with E-state index in [1.54, 1.807) is 0 Å². The van der Waals surface area contributed by atoms with Crippen molar-refractivity contribution >= 4 is 7.12 Å². The first-order valence-corrected chi connectivity index (χ1v) is 5.99. The van der Waals surface area contributed by atoms with Crippen LogP contribution in [0.5, 0.6) is 0 Å². The summed E-state index contributed by atoms with van der Waals surface area (Å²) >= 11 is 0. The van der Waals surface area contributed by atoms with Crippen LogP contribution in [-0.4, -0.2) is 18.3 Å². The molecule has 1 aliphatic heterocycles. The Morgan fingerprint density at radius 1 is 0.867 bits per heavy atom. The molecule has 1 saturated heterocycles. The standard InChI is InChI=1S/C12H23BO2/c1-10(2)7-9(8-10)13-14-11(3,4)12(5,6)15-13/h9H,7-8H2,1-6H3. The lowest BCUT2D eigenvalue weighted by atomic mass is 9.50. The van der Waals surface area contributed by atoms with Crippen LogP contribution in [0.3, 0.4) is 0 Å². The lowest BCUT2D eigenvalue weighted by Crippen LogP contribution is -2.41. The van der Waals surface area contributed by atoms with Crippen LogP contribution in [0.2, 0.25) is 5.82 Å². The van der Waals surface area contributed by atoms with Gasteiger partial charge in [0.2, 0.25) is 0 Å². The van der Waals surface area contributed by atoms with Crippen LogP contribution in [0.25, 0.3) is 0 Å². The van der Waals surface area contributed by atoms with Crippen LogP contribution >= 0.6 is 0 Å². The van der Waals surface area contributed by atoms with Crippen molar-refractivity contribution in [2.24, 2.45) is 5.41 Å². The van der Waals surface area contributed by atoms with E-state index in [1.807, 2.05) is 0 Å². The topological polar surface area (TPSA) is 18.5 Å². The predicted octanol–water partition coefficient (Wildman–Crippen LogP) is 3.27. The van der Waals surface area contributed by atoms with E-state index in [2.05, 4.69) is 41.5 Å². The molecule has 0 atom stereocenters. The van der Waals surface area contributed by atoms with E-state index < -0.39 is 0 Å². The molecule has 15 heavy (non-hydrogen) atoms. The van der Waals surface area contributed by atoms with Crippen molar-refractivity contribution in [3.05, 3.63) is 0 Å². The SMILES string of the molecule is CC1(C)CC(B2OC(C)(C)C(C)(C)O2)C1. The van der Waals surface area contributed by atoms with Gasteiger partial charge in [-0.25, -0.2) is 0 Å². The maximum Gasteiger partial charge on any atom is 0.461 e. The van der Waals surface area contributed by atoms with E-state index in [-0.39, 0.29) is 18.3 Å². The zero-order valence-corrected chi connectivity index (χ0v) is 10.9. The molecule has 0 spiro atoms. The minimum Gasteiger partial charge on any atom is -0.403 e. The van der Waals surface area contributed by atoms with Crippen LogP contribution in [-0.2, 0) is 9.31 Å². The molecule has 0 unspecified atom stereocenters. The summed E-state index contributed by atoms with van der Waals surface area (Å²) in [5.74, 6) is 0.598. The van der Waals surface area contributed by atoms with Crippen molar-refractivity contribution in [2.75, 3.05) is 0 Å². The van der Waals surface area contributed by atoms with Gasteiger partial charge in [0.05, 0.1) is 11.2 Å². The number of hydrogen-bond acceptors (Lipinski definition) is 2. The maximum atomic E-state index is 6.04. The van der Waals surface area contributed by atoms with Crippen molar-refractivity contribution in [1.82, 2.24) is 0 Å². The molecule has 86 valence electrons. The molecule has 0 aromatic carbocycles. The highest BCUT2D eigenvalue weighted by Gasteiger charge is 2.57. The molecular formula is C12H23BO2. The van der Waals surface area contributed by atoms with Gasteiger partial charge in [0.15, 0.2) is 0 Å². The third-order valence-corrected chi connectivity index (χ3v) is 4.29. The molecule has 1 heterocycles. The lowest BCUT2D eigenvalue weighted by Gasteiger charge is -2.43. The Balaban J connectivity index is 1.99. The largest absolute Gasteiger partial charge is 0.461 e. The molecule has 0 bridgehead atoms. The quantitative estimate of drug-likeness (QED) is 0.618. The van der Waals surface area contributed by atoms with Gasteiger partial charge in [0, 0.05) is 0 Å². The summed E-state index contributed by atoms with van der Waals surface area (Å²) in [4.78, 5) is 0. The van der Waals surface area contributed by atoms with Gasteiger partial charge in [0.25, 0.3) is 0 Å². The second-order valence-electron chi connectivity index (χ2n) is 6.96. The Labute approximate surface area is 93.9 Å². The highest BCUT2D eigenvalue weighted by atomic mass is 16.7. The first-order valence-electron chi connectivity index (χ1n) is 5.99. The van der Waals surface area contributed by atoms with E-state index in [0.29, 0.717) is 11.2 Å². The minimum atomic E-state index is -0.169. The minimum absolute atomic E-state index is 0.0167. The Bertz CT molecular complexity index is 247. The average Bonchev–Trinajstić information content (AvgIpc) is 2.16. The van der Waals surface area contributed by atoms with Crippen LogP contribution in [0, 0.1) is 5.41 Å². The second-order valence-corrected chi connectivity index (χ2v) is 6.96. The third-order valence-electron chi connectivity index (χ3n) is 4.29. The summed E-state index contributed by atoms with van der Waals surface area (Å²) in [5, 5.41) is 0. The van der Waals surface area contributed by atoms with Crippen LogP contribution in [0.15, 0.2) is 0 Å². The summed E-state index contributed by atoms with van der Waals surface area (Å²) in [7, 11) is 0.0167. The predicted molar refractivity (Wildman–Crippen MR) is 62.8 cm³/mol. The fourth-order valence-electron chi connectivity index (χ4n) is 2.63. The third kappa shape index (κ3) is 1.85. The van der Waals surface area contributed by atoms with Gasteiger partial charge in [-0.2, -0.15) is 0 Å². The van der Waals surface area contributed by atoms with E-state index in [1.165, 1.54) is 12.8 Å². The summed E-state index contributed by atoms with van der Waals surface area (Å²) < 4.78 is 12.1. The molecule has 0 radical (unpaired) electrons. The fourth-order valence-corrected chi connectivity index (χ4v) is 2.63. The lowest BCUT2D eigenvalue weighted by molar-refractivity contribution is 0.00578. The molecule has 0 amide bonds. The van der Waals surface area contributed by atoms with Gasteiger partial charge in [-0.3, -0.25) is 0 Å². The average molecular weight is 210 g/mol. The van der Waals surface area contributed by atoms with Gasteiger partial charge >= 0.3 is 7.12 Å². The Kier molecular flexibility index (Phi) is 2.30. The zero-order valence-electron chi connectivity index (χ0n) is 10.9. The molecule has 0 N–H and O–H groups in total. The van der Waals surface area contributed by atoms with Crippen molar-refractivity contribution in [3.63, 3.8) is 0 Å². The molecule has 0 aromatic rings. The van der Waals surface area contributed by atoms with E-state index in [0.717, 1.165) is 0 Å². The Morgan fingerprint density at radius 2 is 1.27 bits per heavy atom. The van der Waals surface area contributed by atoms with Crippen molar-refractivity contribution in [1.29, 1.82) is 0 Å². The summed E-state index contributed by atoms with van der Waals surface area (Å²) in [6.45, 7) is 13.1. The number of hydrogen-bond donors (Lipinski definition) is 0. The van der Waals surface area contributed by atoms with Crippen molar-refractivity contribution in [2.45, 2.75) is 71.4 Å². The molecule has 2 rings (SSSR count). The van der Waals surface area contributed by atoms with E-state index in [4.69, 9.17) is 9.31 Å². The van der Waals surface area contributed by atoms with Crippen LogP contribution < -0.4 is 0 Å². The molecule has 1 saturated carbocycles. The Hall–Kier alpha value is -0.0151. The van der Waals surface area contributed by atoms with Gasteiger partial charge in [0.1, 0.15) is 0 Å². The molecule has 3 heteroatoms. The fraction of sp³-hybridized carbons (Fsp3) is 1.00. The number of rotatable bonds is 1. The Morgan fingerprint density at radius 3 is 1.60 bits per heavy atom. The van der Waals surface area contributed by atoms with Gasteiger partial charge in [-0.15, -0.1) is 0 Å². The van der Waals surface area contributed by atoms with Crippen LogP contribution in [0.4, 0.5) is 0 Å². The molecule has 1 aliphatic carbocycles. The monoisotopic (exact) mass is 210 g/mol. The van der Waals surface area contributed by atoms with Gasteiger partial charge in [-0.05, 0) is 51.8 Å². The molecule has 0 aromatic heterocycles. The van der Waals surface area contributed by atoms with Gasteiger partial charge < -0.3 is 9.31 Å². The molecule has 2 nitrogen and oxygen atoms in total. The molecular weight excluding hydrogens is 187 g/mol. The summed E-state index contributed by atoms with van der Waals surface area (Å²) in [5.41, 5.74) is 0.156. The first-order chi connectivity index (χ1) is 6.63. The highest BCUT2D eigenvalue weighted by Crippen LogP contribution is 2.54. The molecule has 2 fully saturated rings. The summed E-state index contributed by atoms with van der Waals surface area (Å²) in [6, 6.07) is 0. The molecule has 2 aliphatic rings. The van der Waals surface area contributed by atoms with E-state index in [9.17, 15) is 0 Å².